The fourth-order valence-electron chi connectivity index (χ4n) is 3.43. The summed E-state index contributed by atoms with van der Waals surface area (Å²) in [6.45, 7) is 2.15. The lowest BCUT2D eigenvalue weighted by molar-refractivity contribution is -0.142. The van der Waals surface area contributed by atoms with Crippen molar-refractivity contribution in [1.29, 1.82) is 0 Å². The molecule has 1 aromatic carbocycles. The number of esters is 1. The van der Waals surface area contributed by atoms with Crippen molar-refractivity contribution < 1.29 is 14.3 Å². The molecule has 1 amide bonds. The number of benzene rings is 1. The summed E-state index contributed by atoms with van der Waals surface area (Å²) in [5, 5.41) is 1.18. The van der Waals surface area contributed by atoms with Crippen LogP contribution < -0.4 is 0 Å². The first-order valence-electron chi connectivity index (χ1n) is 8.66. The van der Waals surface area contributed by atoms with Crippen LogP contribution in [0.15, 0.2) is 34.9 Å². The van der Waals surface area contributed by atoms with E-state index in [0.29, 0.717) is 25.3 Å². The van der Waals surface area contributed by atoms with Crippen molar-refractivity contribution in [2.75, 3.05) is 20.2 Å². The normalized spacial score (nSPS) is 15.5. The van der Waals surface area contributed by atoms with Crippen molar-refractivity contribution in [3.05, 3.63) is 34.9 Å². The highest BCUT2D eigenvalue weighted by Crippen LogP contribution is 2.23. The van der Waals surface area contributed by atoms with Gasteiger partial charge in [0.05, 0.1) is 7.11 Å². The summed E-state index contributed by atoms with van der Waals surface area (Å²) < 4.78 is 7.89. The highest BCUT2D eigenvalue weighted by atomic mass is 79.9. The summed E-state index contributed by atoms with van der Waals surface area (Å²) in [7, 11) is 1.42. The molecule has 0 aliphatic carbocycles. The van der Waals surface area contributed by atoms with E-state index in [1.807, 2.05) is 17.2 Å². The van der Waals surface area contributed by atoms with Gasteiger partial charge in [0.1, 0.15) is 0 Å². The molecule has 1 aliphatic heterocycles. The maximum absolute atomic E-state index is 12.5. The number of nitrogens with zero attached hydrogens (tertiary/aromatic N) is 2. The molecule has 0 unspecified atom stereocenters. The second-order valence-electron chi connectivity index (χ2n) is 6.57. The maximum Gasteiger partial charge on any atom is 0.305 e. The molecule has 2 heterocycles. The summed E-state index contributed by atoms with van der Waals surface area (Å²) in [4.78, 5) is 25.8. The van der Waals surface area contributed by atoms with E-state index in [4.69, 9.17) is 4.74 Å². The van der Waals surface area contributed by atoms with Gasteiger partial charge >= 0.3 is 5.97 Å². The number of ether oxygens (including phenoxy) is 1. The highest BCUT2D eigenvalue weighted by Gasteiger charge is 2.24. The molecule has 0 N–H and O–H groups in total. The van der Waals surface area contributed by atoms with E-state index < -0.39 is 0 Å². The summed E-state index contributed by atoms with van der Waals surface area (Å²) in [6, 6.07) is 8.25. The number of aromatic nitrogens is 1. The zero-order valence-electron chi connectivity index (χ0n) is 14.4. The van der Waals surface area contributed by atoms with E-state index in [2.05, 4.69) is 38.7 Å². The van der Waals surface area contributed by atoms with Crippen LogP contribution in [-0.4, -0.2) is 41.5 Å². The second kappa shape index (κ2) is 8.04. The highest BCUT2D eigenvalue weighted by molar-refractivity contribution is 9.10. The van der Waals surface area contributed by atoms with Gasteiger partial charge in [0.25, 0.3) is 0 Å². The summed E-state index contributed by atoms with van der Waals surface area (Å²) >= 11 is 3.50. The van der Waals surface area contributed by atoms with Crippen molar-refractivity contribution in [2.24, 2.45) is 5.92 Å². The summed E-state index contributed by atoms with van der Waals surface area (Å²) in [6.07, 6.45) is 4.74. The van der Waals surface area contributed by atoms with E-state index in [-0.39, 0.29) is 11.9 Å². The molecule has 1 fully saturated rings. The number of carbonyl (C=O) groups is 2. The smallest absolute Gasteiger partial charge is 0.305 e. The molecular formula is C19H23BrN2O3. The van der Waals surface area contributed by atoms with Crippen molar-refractivity contribution in [3.8, 4) is 0 Å². The number of methoxy groups -OCH3 is 1. The molecule has 2 aromatic rings. The first kappa shape index (κ1) is 18.0. The Kier molecular flexibility index (Phi) is 5.78. The van der Waals surface area contributed by atoms with E-state index in [1.165, 1.54) is 12.5 Å². The van der Waals surface area contributed by atoms with Crippen LogP contribution in [0.1, 0.15) is 25.7 Å². The van der Waals surface area contributed by atoms with Gasteiger partial charge in [0.2, 0.25) is 5.91 Å². The molecule has 0 atom stereocenters. The number of hydrogen-bond donors (Lipinski definition) is 0. The van der Waals surface area contributed by atoms with Gasteiger partial charge < -0.3 is 14.2 Å². The van der Waals surface area contributed by atoms with Crippen LogP contribution in [0.25, 0.3) is 10.9 Å². The number of amides is 1. The molecule has 5 nitrogen and oxygen atoms in total. The zero-order chi connectivity index (χ0) is 17.8. The minimum atomic E-state index is -0.157. The standard InChI is InChI=1S/C19H23BrN2O3/c1-25-19(24)12-14-4-8-22(9-5-14)18(23)7-11-21-10-6-15-2-3-16(20)13-17(15)21/h2-3,6,10,13-14H,4-5,7-9,11-12H2,1H3. The lowest BCUT2D eigenvalue weighted by Gasteiger charge is -2.31. The van der Waals surface area contributed by atoms with Gasteiger partial charge in [-0.2, -0.15) is 0 Å². The summed E-state index contributed by atoms with van der Waals surface area (Å²) in [5.74, 6) is 0.367. The minimum Gasteiger partial charge on any atom is -0.469 e. The van der Waals surface area contributed by atoms with Gasteiger partial charge in [-0.15, -0.1) is 0 Å². The molecular weight excluding hydrogens is 384 g/mol. The first-order valence-corrected chi connectivity index (χ1v) is 9.45. The lowest BCUT2D eigenvalue weighted by atomic mass is 9.93. The monoisotopic (exact) mass is 406 g/mol. The van der Waals surface area contributed by atoms with Gasteiger partial charge in [0, 0.05) is 48.7 Å². The summed E-state index contributed by atoms with van der Waals surface area (Å²) in [5.41, 5.74) is 1.14. The molecule has 6 heteroatoms. The Hall–Kier alpha value is -1.82. The molecule has 3 rings (SSSR count). The number of piperidine rings is 1. The Labute approximate surface area is 156 Å². The van der Waals surface area contributed by atoms with Crippen LogP contribution in [0, 0.1) is 5.92 Å². The van der Waals surface area contributed by atoms with Crippen LogP contribution in [0.2, 0.25) is 0 Å². The number of halogens is 1. The molecule has 0 saturated carbocycles. The number of carbonyl (C=O) groups excluding carboxylic acids is 2. The minimum absolute atomic E-state index is 0.157. The largest absolute Gasteiger partial charge is 0.469 e. The fourth-order valence-corrected chi connectivity index (χ4v) is 3.78. The molecule has 0 bridgehead atoms. The Bertz CT molecular complexity index is 763. The topological polar surface area (TPSA) is 51.5 Å². The van der Waals surface area contributed by atoms with Crippen LogP contribution in [0.4, 0.5) is 0 Å². The van der Waals surface area contributed by atoms with E-state index in [0.717, 1.165) is 35.9 Å². The predicted molar refractivity (Wildman–Crippen MR) is 100 cm³/mol. The molecule has 1 aromatic heterocycles. The third-order valence-electron chi connectivity index (χ3n) is 4.95. The zero-order valence-corrected chi connectivity index (χ0v) is 16.0. The van der Waals surface area contributed by atoms with Crippen molar-refractivity contribution in [1.82, 2.24) is 9.47 Å². The van der Waals surface area contributed by atoms with Crippen LogP contribution in [0.5, 0.6) is 0 Å². The number of fused-ring (bicyclic) bond motifs is 1. The average Bonchev–Trinajstić information content (AvgIpc) is 3.02. The SMILES string of the molecule is COC(=O)CC1CCN(C(=O)CCn2ccc3ccc(Br)cc32)CC1. The van der Waals surface area contributed by atoms with Crippen molar-refractivity contribution >= 4 is 38.7 Å². The molecule has 0 spiro atoms. The predicted octanol–water partition coefficient (Wildman–Crippen LogP) is 3.60. The third kappa shape index (κ3) is 4.42. The molecule has 0 radical (unpaired) electrons. The Balaban J connectivity index is 1.51. The second-order valence-corrected chi connectivity index (χ2v) is 7.48. The number of hydrogen-bond acceptors (Lipinski definition) is 3. The lowest BCUT2D eigenvalue weighted by Crippen LogP contribution is -2.39. The maximum atomic E-state index is 12.5. The van der Waals surface area contributed by atoms with Gasteiger partial charge in [-0.05, 0) is 42.3 Å². The fraction of sp³-hybridized carbons (Fsp3) is 0.474. The average molecular weight is 407 g/mol. The van der Waals surface area contributed by atoms with Crippen LogP contribution >= 0.6 is 15.9 Å². The number of aryl methyl sites for hydroxylation is 1. The van der Waals surface area contributed by atoms with Crippen molar-refractivity contribution in [2.45, 2.75) is 32.2 Å². The van der Waals surface area contributed by atoms with E-state index >= 15 is 0 Å². The number of likely N-dealkylation sites (tertiary alicyclic amines) is 1. The quantitative estimate of drug-likeness (QED) is 0.712. The molecule has 1 aliphatic rings. The van der Waals surface area contributed by atoms with E-state index in [9.17, 15) is 9.59 Å². The Morgan fingerprint density at radius 1 is 1.24 bits per heavy atom. The van der Waals surface area contributed by atoms with Crippen molar-refractivity contribution in [3.63, 3.8) is 0 Å². The number of rotatable bonds is 5. The Morgan fingerprint density at radius 2 is 2.00 bits per heavy atom. The Morgan fingerprint density at radius 3 is 2.72 bits per heavy atom. The molecule has 134 valence electrons. The van der Waals surface area contributed by atoms with E-state index in [1.54, 1.807) is 0 Å². The van der Waals surface area contributed by atoms with Gasteiger partial charge in [0.15, 0.2) is 0 Å². The van der Waals surface area contributed by atoms with Crippen LogP contribution in [-0.2, 0) is 20.9 Å². The van der Waals surface area contributed by atoms with Gasteiger partial charge in [-0.3, -0.25) is 9.59 Å². The van der Waals surface area contributed by atoms with Gasteiger partial charge in [-0.25, -0.2) is 0 Å². The molecule has 1 saturated heterocycles. The van der Waals surface area contributed by atoms with Crippen LogP contribution in [0.3, 0.4) is 0 Å². The third-order valence-corrected chi connectivity index (χ3v) is 5.45. The van der Waals surface area contributed by atoms with Gasteiger partial charge in [-0.1, -0.05) is 22.0 Å². The first-order chi connectivity index (χ1) is 12.1. The molecule has 25 heavy (non-hydrogen) atoms.